The van der Waals surface area contributed by atoms with Gasteiger partial charge in [0.15, 0.2) is 5.96 Å². The van der Waals surface area contributed by atoms with Crippen LogP contribution in [0, 0.1) is 5.41 Å². The van der Waals surface area contributed by atoms with Gasteiger partial charge in [-0.05, 0) is 47.0 Å². The summed E-state index contributed by atoms with van der Waals surface area (Å²) < 4.78 is 0. The standard InChI is InChI=1S/C12H28N6O/c1-15-10(6-4-7-17-12(13)14)11(19)16-8-5-9-18(2)3/h10,15H,4-9H2,1-3H3,(H,16,19)(H4,13,14,17). The molecule has 6 N–H and O–H groups in total. The van der Waals surface area contributed by atoms with Crippen molar-refractivity contribution in [2.75, 3.05) is 40.8 Å². The highest BCUT2D eigenvalue weighted by Gasteiger charge is 2.14. The van der Waals surface area contributed by atoms with Crippen LogP contribution in [0.4, 0.5) is 0 Å². The van der Waals surface area contributed by atoms with Gasteiger partial charge in [0, 0.05) is 13.1 Å². The van der Waals surface area contributed by atoms with Gasteiger partial charge in [-0.3, -0.25) is 10.2 Å². The number of amides is 1. The summed E-state index contributed by atoms with van der Waals surface area (Å²) in [5, 5.41) is 15.7. The molecule has 0 radical (unpaired) electrons. The minimum absolute atomic E-state index is 0.0316. The molecule has 7 heteroatoms. The lowest BCUT2D eigenvalue weighted by Crippen LogP contribution is -2.43. The van der Waals surface area contributed by atoms with Crippen LogP contribution < -0.4 is 21.7 Å². The highest BCUT2D eigenvalue weighted by molar-refractivity contribution is 5.81. The topological polar surface area (TPSA) is 106 Å². The van der Waals surface area contributed by atoms with E-state index < -0.39 is 0 Å². The van der Waals surface area contributed by atoms with Gasteiger partial charge in [0.1, 0.15) is 0 Å². The number of likely N-dealkylation sites (N-methyl/N-ethyl adjacent to an activating group) is 1. The van der Waals surface area contributed by atoms with E-state index in [2.05, 4.69) is 20.9 Å². The molecule has 0 saturated carbocycles. The van der Waals surface area contributed by atoms with Crippen LogP contribution >= 0.6 is 0 Å². The summed E-state index contributed by atoms with van der Waals surface area (Å²) >= 11 is 0. The number of rotatable bonds is 10. The monoisotopic (exact) mass is 272 g/mol. The van der Waals surface area contributed by atoms with E-state index >= 15 is 0 Å². The average molecular weight is 272 g/mol. The Kier molecular flexibility index (Phi) is 9.82. The van der Waals surface area contributed by atoms with Gasteiger partial charge in [-0.15, -0.1) is 0 Å². The van der Waals surface area contributed by atoms with Crippen LogP contribution in [-0.4, -0.2) is 63.6 Å². The number of carbonyl (C=O) groups is 1. The van der Waals surface area contributed by atoms with Crippen LogP contribution in [0.25, 0.3) is 0 Å². The zero-order chi connectivity index (χ0) is 14.7. The quantitative estimate of drug-likeness (QED) is 0.197. The van der Waals surface area contributed by atoms with Gasteiger partial charge in [-0.1, -0.05) is 0 Å². The van der Waals surface area contributed by atoms with E-state index in [0.29, 0.717) is 13.1 Å². The van der Waals surface area contributed by atoms with E-state index in [-0.39, 0.29) is 17.9 Å². The molecule has 0 aliphatic carbocycles. The Morgan fingerprint density at radius 3 is 2.42 bits per heavy atom. The minimum atomic E-state index is -0.187. The number of hydrogen-bond donors (Lipinski definition) is 5. The van der Waals surface area contributed by atoms with Crippen LogP contribution in [0.5, 0.6) is 0 Å². The average Bonchev–Trinajstić information content (AvgIpc) is 2.34. The molecule has 0 saturated heterocycles. The van der Waals surface area contributed by atoms with Crippen molar-refractivity contribution in [2.24, 2.45) is 5.73 Å². The molecule has 0 aliphatic rings. The van der Waals surface area contributed by atoms with Crippen molar-refractivity contribution in [1.29, 1.82) is 5.41 Å². The van der Waals surface area contributed by atoms with E-state index in [4.69, 9.17) is 11.1 Å². The maximum absolute atomic E-state index is 11.9. The smallest absolute Gasteiger partial charge is 0.237 e. The zero-order valence-corrected chi connectivity index (χ0v) is 12.3. The van der Waals surface area contributed by atoms with Gasteiger partial charge in [0.25, 0.3) is 0 Å². The van der Waals surface area contributed by atoms with E-state index in [1.54, 1.807) is 7.05 Å². The number of nitrogens with two attached hydrogens (primary N) is 1. The van der Waals surface area contributed by atoms with Crippen LogP contribution in [0.3, 0.4) is 0 Å². The summed E-state index contributed by atoms with van der Waals surface area (Å²) in [4.78, 5) is 14.0. The minimum Gasteiger partial charge on any atom is -0.370 e. The van der Waals surface area contributed by atoms with Crippen LogP contribution in [0.2, 0.25) is 0 Å². The maximum Gasteiger partial charge on any atom is 0.237 e. The molecule has 0 spiro atoms. The summed E-state index contributed by atoms with van der Waals surface area (Å²) in [6.07, 6.45) is 2.45. The van der Waals surface area contributed by atoms with Crippen LogP contribution in [-0.2, 0) is 4.79 Å². The lowest BCUT2D eigenvalue weighted by Gasteiger charge is -2.16. The van der Waals surface area contributed by atoms with Gasteiger partial charge in [0.2, 0.25) is 5.91 Å². The van der Waals surface area contributed by atoms with Crippen molar-refractivity contribution < 1.29 is 4.79 Å². The van der Waals surface area contributed by atoms with Crippen molar-refractivity contribution in [3.63, 3.8) is 0 Å². The molecule has 0 fully saturated rings. The van der Waals surface area contributed by atoms with Crippen LogP contribution in [0.15, 0.2) is 0 Å². The van der Waals surface area contributed by atoms with Crippen molar-refractivity contribution >= 4 is 11.9 Å². The summed E-state index contributed by atoms with van der Waals surface area (Å²) in [5.74, 6) is -0.00164. The molecule has 7 nitrogen and oxygen atoms in total. The largest absolute Gasteiger partial charge is 0.370 e. The summed E-state index contributed by atoms with van der Waals surface area (Å²) in [5.41, 5.74) is 5.18. The Labute approximate surface area is 115 Å². The second-order valence-electron chi connectivity index (χ2n) is 4.77. The van der Waals surface area contributed by atoms with Gasteiger partial charge in [-0.25, -0.2) is 0 Å². The molecule has 0 aromatic heterocycles. The van der Waals surface area contributed by atoms with Gasteiger partial charge in [0.05, 0.1) is 6.04 Å². The fraction of sp³-hybridized carbons (Fsp3) is 0.833. The lowest BCUT2D eigenvalue weighted by molar-refractivity contribution is -0.123. The molecule has 0 aromatic carbocycles. The Morgan fingerprint density at radius 2 is 1.89 bits per heavy atom. The van der Waals surface area contributed by atoms with Crippen molar-refractivity contribution in [3.05, 3.63) is 0 Å². The third-order valence-electron chi connectivity index (χ3n) is 2.73. The summed E-state index contributed by atoms with van der Waals surface area (Å²) in [6, 6.07) is -0.187. The fourth-order valence-corrected chi connectivity index (χ4v) is 1.67. The number of carbonyl (C=O) groups excluding carboxylic acids is 1. The Hall–Kier alpha value is -1.34. The molecule has 19 heavy (non-hydrogen) atoms. The third kappa shape index (κ3) is 10.3. The van der Waals surface area contributed by atoms with Crippen molar-refractivity contribution in [3.8, 4) is 0 Å². The number of guanidine groups is 1. The molecular formula is C12H28N6O. The summed E-state index contributed by atoms with van der Waals surface area (Å²) in [6.45, 7) is 2.27. The third-order valence-corrected chi connectivity index (χ3v) is 2.73. The normalized spacial score (nSPS) is 12.2. The Balaban J connectivity index is 3.75. The van der Waals surface area contributed by atoms with Gasteiger partial charge >= 0.3 is 0 Å². The first-order chi connectivity index (χ1) is 8.97. The van der Waals surface area contributed by atoms with E-state index in [9.17, 15) is 4.79 Å². The Morgan fingerprint density at radius 1 is 1.26 bits per heavy atom. The maximum atomic E-state index is 11.9. The molecule has 112 valence electrons. The van der Waals surface area contributed by atoms with E-state index in [1.807, 2.05) is 14.1 Å². The molecule has 0 heterocycles. The lowest BCUT2D eigenvalue weighted by atomic mass is 10.1. The Bertz CT molecular complexity index is 269. The molecule has 1 amide bonds. The van der Waals surface area contributed by atoms with Crippen LogP contribution in [0.1, 0.15) is 19.3 Å². The van der Waals surface area contributed by atoms with Gasteiger partial charge < -0.3 is 26.6 Å². The molecule has 0 rings (SSSR count). The molecule has 0 aromatic rings. The highest BCUT2D eigenvalue weighted by atomic mass is 16.2. The summed E-state index contributed by atoms with van der Waals surface area (Å²) in [7, 11) is 5.81. The molecule has 1 atom stereocenters. The van der Waals surface area contributed by atoms with E-state index in [0.717, 1.165) is 25.8 Å². The second kappa shape index (κ2) is 10.6. The fourth-order valence-electron chi connectivity index (χ4n) is 1.67. The molecule has 0 bridgehead atoms. The number of hydrogen-bond acceptors (Lipinski definition) is 4. The van der Waals surface area contributed by atoms with E-state index in [1.165, 1.54) is 0 Å². The zero-order valence-electron chi connectivity index (χ0n) is 12.3. The molecular weight excluding hydrogens is 244 g/mol. The van der Waals surface area contributed by atoms with Crippen molar-refractivity contribution in [1.82, 2.24) is 20.9 Å². The molecule has 1 unspecified atom stereocenters. The predicted molar refractivity (Wildman–Crippen MR) is 78.2 cm³/mol. The first-order valence-electron chi connectivity index (χ1n) is 6.65. The first-order valence-corrected chi connectivity index (χ1v) is 6.65. The number of nitrogens with zero attached hydrogens (tertiary/aromatic N) is 1. The number of nitrogens with one attached hydrogen (secondary N) is 4. The van der Waals surface area contributed by atoms with Gasteiger partial charge in [-0.2, -0.15) is 0 Å². The second-order valence-corrected chi connectivity index (χ2v) is 4.77. The molecule has 0 aliphatic heterocycles. The highest BCUT2D eigenvalue weighted by Crippen LogP contribution is 1.96. The predicted octanol–water partition coefficient (Wildman–Crippen LogP) is -1.09. The first kappa shape index (κ1) is 17.7. The SMILES string of the molecule is CNC(CCCNC(=N)N)C(=O)NCCCN(C)C. The van der Waals surface area contributed by atoms with Crippen molar-refractivity contribution in [2.45, 2.75) is 25.3 Å².